The maximum atomic E-state index is 12.5. The van der Waals surface area contributed by atoms with Gasteiger partial charge in [0, 0.05) is 25.1 Å². The van der Waals surface area contributed by atoms with E-state index in [1.165, 1.54) is 6.07 Å². The summed E-state index contributed by atoms with van der Waals surface area (Å²) in [5.74, 6) is 0.441. The van der Waals surface area contributed by atoms with E-state index in [0.717, 1.165) is 12.5 Å². The van der Waals surface area contributed by atoms with Gasteiger partial charge in [-0.25, -0.2) is 0 Å². The highest BCUT2D eigenvalue weighted by atomic mass is 19.4. The predicted octanol–water partition coefficient (Wildman–Crippen LogP) is 3.14. The van der Waals surface area contributed by atoms with Gasteiger partial charge in [-0.1, -0.05) is 13.8 Å². The second-order valence-corrected chi connectivity index (χ2v) is 5.90. The Bertz CT molecular complexity index is 487. The van der Waals surface area contributed by atoms with E-state index in [-0.39, 0.29) is 17.6 Å². The third-order valence-corrected chi connectivity index (χ3v) is 4.26. The molecule has 2 atom stereocenters. The smallest absolute Gasteiger partial charge is 0.378 e. The zero-order valence-electron chi connectivity index (χ0n) is 12.6. The minimum absolute atomic E-state index is 0.0743. The van der Waals surface area contributed by atoms with E-state index < -0.39 is 11.9 Å². The zero-order valence-corrected chi connectivity index (χ0v) is 12.6. The number of rotatable bonds is 4. The summed E-state index contributed by atoms with van der Waals surface area (Å²) < 4.78 is 43.1. The van der Waals surface area contributed by atoms with Crippen LogP contribution in [0.5, 0.6) is 0 Å². The fourth-order valence-electron chi connectivity index (χ4n) is 2.83. The van der Waals surface area contributed by atoms with E-state index in [0.29, 0.717) is 12.4 Å². The summed E-state index contributed by atoms with van der Waals surface area (Å²) in [6.07, 6.45) is -3.46. The van der Waals surface area contributed by atoms with Gasteiger partial charge in [-0.05, 0) is 25.5 Å². The molecule has 0 amide bonds. The Labute approximate surface area is 122 Å². The van der Waals surface area contributed by atoms with Crippen LogP contribution in [0.25, 0.3) is 0 Å². The Hall–Kier alpha value is -1.37. The Morgan fingerprint density at radius 1 is 1.33 bits per heavy atom. The second-order valence-electron chi connectivity index (χ2n) is 5.90. The molecule has 7 heteroatoms. The fraction of sp³-hybridized carbons (Fsp3) is 0.714. The monoisotopic (exact) mass is 303 g/mol. The first-order valence-electron chi connectivity index (χ1n) is 6.93. The highest BCUT2D eigenvalue weighted by Crippen LogP contribution is 2.46. The largest absolute Gasteiger partial charge is 0.435 e. The quantitative estimate of drug-likeness (QED) is 0.856. The van der Waals surface area contributed by atoms with Gasteiger partial charge in [0.15, 0.2) is 11.5 Å². The number of nitrogens with zero attached hydrogens (tertiary/aromatic N) is 3. The van der Waals surface area contributed by atoms with Crippen molar-refractivity contribution in [1.29, 1.82) is 0 Å². The topological polar surface area (TPSA) is 38.2 Å². The van der Waals surface area contributed by atoms with Gasteiger partial charge in [-0.15, -0.1) is 10.2 Å². The average Bonchev–Trinajstić information content (AvgIpc) is 2.41. The van der Waals surface area contributed by atoms with E-state index in [2.05, 4.69) is 24.0 Å². The molecule has 118 valence electrons. The van der Waals surface area contributed by atoms with E-state index in [9.17, 15) is 13.2 Å². The Morgan fingerprint density at radius 2 is 2.00 bits per heavy atom. The molecule has 0 radical (unpaired) electrons. The fourth-order valence-corrected chi connectivity index (χ4v) is 2.83. The molecular weight excluding hydrogens is 283 g/mol. The van der Waals surface area contributed by atoms with Crippen molar-refractivity contribution in [3.63, 3.8) is 0 Å². The molecule has 1 aromatic rings. The molecule has 1 saturated carbocycles. The number of aromatic nitrogens is 2. The van der Waals surface area contributed by atoms with Crippen LogP contribution in [-0.2, 0) is 10.9 Å². The Balaban J connectivity index is 2.09. The standard InChI is InChI=1S/C14H20F3N3O/c1-5-21-11-8-10(13(11,2)3)20(4)12-7-6-9(18-19-12)14(15,16)17/h6-7,10-11H,5,8H2,1-4H3/t10-,11+/m0/s1. The third kappa shape index (κ3) is 2.97. The summed E-state index contributed by atoms with van der Waals surface area (Å²) in [5, 5.41) is 6.97. The van der Waals surface area contributed by atoms with Gasteiger partial charge >= 0.3 is 6.18 Å². The molecule has 1 aliphatic rings. The van der Waals surface area contributed by atoms with Crippen LogP contribution >= 0.6 is 0 Å². The SMILES string of the molecule is CCO[C@@H]1C[C@H](N(C)c2ccc(C(F)(F)F)nn2)C1(C)C. The molecule has 1 aromatic heterocycles. The summed E-state index contributed by atoms with van der Waals surface area (Å²) >= 11 is 0. The summed E-state index contributed by atoms with van der Waals surface area (Å²) in [7, 11) is 1.83. The van der Waals surface area contributed by atoms with Crippen LogP contribution in [0.3, 0.4) is 0 Å². The van der Waals surface area contributed by atoms with Crippen molar-refractivity contribution in [3.8, 4) is 0 Å². The van der Waals surface area contributed by atoms with Crippen molar-refractivity contribution in [3.05, 3.63) is 17.8 Å². The Morgan fingerprint density at radius 3 is 2.43 bits per heavy atom. The molecule has 1 heterocycles. The summed E-state index contributed by atoms with van der Waals surface area (Å²) in [5.41, 5.74) is -1.05. The highest BCUT2D eigenvalue weighted by molar-refractivity contribution is 5.40. The van der Waals surface area contributed by atoms with Crippen molar-refractivity contribution in [1.82, 2.24) is 10.2 Å². The number of ether oxygens (including phenoxy) is 1. The molecule has 4 nitrogen and oxygen atoms in total. The van der Waals surface area contributed by atoms with Gasteiger partial charge in [-0.3, -0.25) is 0 Å². The molecular formula is C14H20F3N3O. The van der Waals surface area contributed by atoms with Gasteiger partial charge < -0.3 is 9.64 Å². The summed E-state index contributed by atoms with van der Waals surface area (Å²) in [6, 6.07) is 2.49. The molecule has 1 fully saturated rings. The molecule has 21 heavy (non-hydrogen) atoms. The van der Waals surface area contributed by atoms with E-state index >= 15 is 0 Å². The first kappa shape index (κ1) is 16.0. The van der Waals surface area contributed by atoms with Crippen LogP contribution in [0, 0.1) is 5.41 Å². The van der Waals surface area contributed by atoms with Crippen LogP contribution in [-0.4, -0.2) is 36.0 Å². The predicted molar refractivity (Wildman–Crippen MR) is 73.0 cm³/mol. The lowest BCUT2D eigenvalue weighted by molar-refractivity contribution is -0.141. The summed E-state index contributed by atoms with van der Waals surface area (Å²) in [4.78, 5) is 1.88. The minimum Gasteiger partial charge on any atom is -0.378 e. The molecule has 0 aromatic carbocycles. The van der Waals surface area contributed by atoms with Gasteiger partial charge in [-0.2, -0.15) is 13.2 Å². The minimum atomic E-state index is -4.46. The molecule has 0 saturated heterocycles. The van der Waals surface area contributed by atoms with Crippen LogP contribution in [0.4, 0.5) is 19.0 Å². The van der Waals surface area contributed by atoms with Gasteiger partial charge in [0.2, 0.25) is 0 Å². The maximum Gasteiger partial charge on any atom is 0.435 e. The van der Waals surface area contributed by atoms with Crippen LogP contribution in [0.1, 0.15) is 32.9 Å². The van der Waals surface area contributed by atoms with Gasteiger partial charge in [0.05, 0.1) is 6.10 Å². The summed E-state index contributed by atoms with van der Waals surface area (Å²) in [6.45, 7) is 6.80. The molecule has 0 bridgehead atoms. The molecule has 0 spiro atoms. The van der Waals surface area contributed by atoms with Crippen molar-refractivity contribution in [2.75, 3.05) is 18.6 Å². The first-order chi connectivity index (χ1) is 9.67. The van der Waals surface area contributed by atoms with Crippen LogP contribution in [0.15, 0.2) is 12.1 Å². The molecule has 0 unspecified atom stereocenters. The number of hydrogen-bond acceptors (Lipinski definition) is 4. The molecule has 1 aliphatic carbocycles. The molecule has 2 rings (SSSR count). The Kier molecular flexibility index (Phi) is 4.15. The zero-order chi connectivity index (χ0) is 15.8. The van der Waals surface area contributed by atoms with E-state index in [1.807, 2.05) is 18.9 Å². The molecule has 0 N–H and O–H groups in total. The lowest BCUT2D eigenvalue weighted by Crippen LogP contribution is -2.61. The van der Waals surface area contributed by atoms with Crippen molar-refractivity contribution < 1.29 is 17.9 Å². The van der Waals surface area contributed by atoms with E-state index in [4.69, 9.17) is 4.74 Å². The second kappa shape index (κ2) is 5.44. The maximum absolute atomic E-state index is 12.5. The van der Waals surface area contributed by atoms with Crippen LogP contribution in [0.2, 0.25) is 0 Å². The van der Waals surface area contributed by atoms with Crippen molar-refractivity contribution in [2.24, 2.45) is 5.41 Å². The van der Waals surface area contributed by atoms with Crippen molar-refractivity contribution in [2.45, 2.75) is 45.5 Å². The van der Waals surface area contributed by atoms with Gasteiger partial charge in [0.25, 0.3) is 0 Å². The number of anilines is 1. The lowest BCUT2D eigenvalue weighted by Gasteiger charge is -2.55. The van der Waals surface area contributed by atoms with Crippen molar-refractivity contribution >= 4 is 5.82 Å². The normalized spacial score (nSPS) is 24.5. The van der Waals surface area contributed by atoms with E-state index in [1.54, 1.807) is 0 Å². The average molecular weight is 303 g/mol. The highest BCUT2D eigenvalue weighted by Gasteiger charge is 2.51. The van der Waals surface area contributed by atoms with Crippen LogP contribution < -0.4 is 4.90 Å². The number of hydrogen-bond donors (Lipinski definition) is 0. The number of halogens is 3. The third-order valence-electron chi connectivity index (χ3n) is 4.26. The molecule has 0 aliphatic heterocycles. The number of alkyl halides is 3. The lowest BCUT2D eigenvalue weighted by atomic mass is 9.64. The first-order valence-corrected chi connectivity index (χ1v) is 6.93. The van der Waals surface area contributed by atoms with Gasteiger partial charge in [0.1, 0.15) is 0 Å².